The van der Waals surface area contributed by atoms with Crippen LogP contribution in [0.15, 0.2) is 41.5 Å². The van der Waals surface area contributed by atoms with Crippen molar-refractivity contribution in [2.45, 2.75) is 18.9 Å². The van der Waals surface area contributed by atoms with Crippen LogP contribution in [0.2, 0.25) is 0 Å². The van der Waals surface area contributed by atoms with Crippen molar-refractivity contribution in [3.8, 4) is 5.75 Å². The lowest BCUT2D eigenvalue weighted by Crippen LogP contribution is -2.43. The zero-order valence-electron chi connectivity index (χ0n) is 16.1. The number of para-hydroxylation sites is 1. The fourth-order valence-electron chi connectivity index (χ4n) is 3.80. The maximum absolute atomic E-state index is 14.5. The molecule has 1 amide bonds. The van der Waals surface area contributed by atoms with Crippen LogP contribution in [0, 0.1) is 17.5 Å². The van der Waals surface area contributed by atoms with Crippen molar-refractivity contribution < 1.29 is 22.7 Å². The zero-order chi connectivity index (χ0) is 21.4. The van der Waals surface area contributed by atoms with Crippen LogP contribution in [0.25, 0.3) is 10.9 Å². The molecule has 0 saturated carbocycles. The van der Waals surface area contributed by atoms with Crippen molar-refractivity contribution in [1.82, 2.24) is 14.5 Å². The van der Waals surface area contributed by atoms with Crippen LogP contribution in [-0.4, -0.2) is 40.6 Å². The molecule has 1 aliphatic heterocycles. The van der Waals surface area contributed by atoms with Crippen LogP contribution >= 0.6 is 0 Å². The molecule has 156 valence electrons. The molecule has 30 heavy (non-hydrogen) atoms. The number of carbonyl (C=O) groups is 1. The van der Waals surface area contributed by atoms with E-state index < -0.39 is 34.7 Å². The molecule has 2 heterocycles. The van der Waals surface area contributed by atoms with E-state index in [0.29, 0.717) is 36.4 Å². The Hall–Kier alpha value is -3.36. The number of halogens is 3. The summed E-state index contributed by atoms with van der Waals surface area (Å²) >= 11 is 0. The first-order valence-corrected chi connectivity index (χ1v) is 9.39. The SMILES string of the molecule is COc1c(F)c(F)cc(C(=O)N2CCCC(n3cnc4ccccc4c3=O)C2)c1F. The number of rotatable bonds is 3. The first kappa shape index (κ1) is 19.9. The van der Waals surface area contributed by atoms with Crippen LogP contribution in [0.5, 0.6) is 5.75 Å². The molecule has 4 rings (SSSR count). The predicted octanol–water partition coefficient (Wildman–Crippen LogP) is 3.30. The Morgan fingerprint density at radius 1 is 1.20 bits per heavy atom. The van der Waals surface area contributed by atoms with Crippen molar-refractivity contribution in [3.63, 3.8) is 0 Å². The monoisotopic (exact) mass is 417 g/mol. The van der Waals surface area contributed by atoms with Crippen LogP contribution < -0.4 is 10.3 Å². The molecule has 0 bridgehead atoms. The van der Waals surface area contributed by atoms with E-state index in [9.17, 15) is 22.8 Å². The summed E-state index contributed by atoms with van der Waals surface area (Å²) in [5, 5.41) is 0.458. The molecule has 1 atom stereocenters. The first-order valence-electron chi connectivity index (χ1n) is 9.39. The smallest absolute Gasteiger partial charge is 0.261 e. The average Bonchev–Trinajstić information content (AvgIpc) is 2.77. The number of nitrogens with zero attached hydrogens (tertiary/aromatic N) is 3. The fraction of sp³-hybridized carbons (Fsp3) is 0.286. The fourth-order valence-corrected chi connectivity index (χ4v) is 3.80. The van der Waals surface area contributed by atoms with Gasteiger partial charge in [-0.05, 0) is 31.0 Å². The van der Waals surface area contributed by atoms with Crippen LogP contribution in [0.1, 0.15) is 29.2 Å². The number of hydrogen-bond donors (Lipinski definition) is 0. The molecule has 1 unspecified atom stereocenters. The van der Waals surface area contributed by atoms with E-state index in [1.54, 1.807) is 24.3 Å². The van der Waals surface area contributed by atoms with Crippen molar-refractivity contribution in [1.29, 1.82) is 0 Å². The lowest BCUT2D eigenvalue weighted by molar-refractivity contribution is 0.0671. The minimum Gasteiger partial charge on any atom is -0.491 e. The van der Waals surface area contributed by atoms with Crippen LogP contribution in [0.4, 0.5) is 13.2 Å². The summed E-state index contributed by atoms with van der Waals surface area (Å²) in [4.78, 5) is 31.3. The Labute approximate surface area is 169 Å². The highest BCUT2D eigenvalue weighted by molar-refractivity contribution is 5.95. The normalized spacial score (nSPS) is 16.7. The molecule has 1 fully saturated rings. The lowest BCUT2D eigenvalue weighted by Gasteiger charge is -2.33. The van der Waals surface area contributed by atoms with Crippen molar-refractivity contribution in [3.05, 3.63) is 70.0 Å². The minimum atomic E-state index is -1.49. The summed E-state index contributed by atoms with van der Waals surface area (Å²) in [6.07, 6.45) is 2.61. The van der Waals surface area contributed by atoms with Crippen molar-refractivity contribution in [2.24, 2.45) is 0 Å². The highest BCUT2D eigenvalue weighted by Gasteiger charge is 2.30. The highest BCUT2D eigenvalue weighted by atomic mass is 19.2. The van der Waals surface area contributed by atoms with Gasteiger partial charge in [0.2, 0.25) is 5.82 Å². The van der Waals surface area contributed by atoms with Gasteiger partial charge in [0.05, 0.1) is 35.9 Å². The van der Waals surface area contributed by atoms with E-state index in [4.69, 9.17) is 0 Å². The number of ether oxygens (including phenoxy) is 1. The molecule has 0 spiro atoms. The Balaban J connectivity index is 1.65. The summed E-state index contributed by atoms with van der Waals surface area (Å²) in [6, 6.07) is 7.09. The maximum atomic E-state index is 14.5. The number of aromatic nitrogens is 2. The van der Waals surface area contributed by atoms with E-state index in [1.165, 1.54) is 15.8 Å². The summed E-state index contributed by atoms with van der Waals surface area (Å²) in [7, 11) is 0.991. The Morgan fingerprint density at radius 2 is 1.97 bits per heavy atom. The third-order valence-electron chi connectivity index (χ3n) is 5.32. The van der Waals surface area contributed by atoms with E-state index in [1.807, 2.05) is 0 Å². The van der Waals surface area contributed by atoms with Gasteiger partial charge in [-0.3, -0.25) is 14.2 Å². The second kappa shape index (κ2) is 7.81. The Kier molecular flexibility index (Phi) is 5.19. The number of hydrogen-bond acceptors (Lipinski definition) is 4. The molecule has 2 aromatic carbocycles. The Morgan fingerprint density at radius 3 is 2.73 bits per heavy atom. The van der Waals surface area contributed by atoms with Crippen LogP contribution in [-0.2, 0) is 0 Å². The van der Waals surface area contributed by atoms with E-state index in [2.05, 4.69) is 9.72 Å². The average molecular weight is 417 g/mol. The third-order valence-corrected chi connectivity index (χ3v) is 5.32. The van der Waals surface area contributed by atoms with E-state index >= 15 is 0 Å². The molecule has 0 N–H and O–H groups in total. The highest BCUT2D eigenvalue weighted by Crippen LogP contribution is 2.29. The second-order valence-electron chi connectivity index (χ2n) is 7.09. The zero-order valence-corrected chi connectivity index (χ0v) is 16.1. The summed E-state index contributed by atoms with van der Waals surface area (Å²) < 4.78 is 48.1. The lowest BCUT2D eigenvalue weighted by atomic mass is 10.0. The number of carbonyl (C=O) groups excluding carboxylic acids is 1. The van der Waals surface area contributed by atoms with Gasteiger partial charge in [-0.2, -0.15) is 4.39 Å². The predicted molar refractivity (Wildman–Crippen MR) is 103 cm³/mol. The molecule has 9 heteroatoms. The number of piperidine rings is 1. The quantitative estimate of drug-likeness (QED) is 0.614. The van der Waals surface area contributed by atoms with Gasteiger partial charge in [-0.1, -0.05) is 12.1 Å². The largest absolute Gasteiger partial charge is 0.491 e. The van der Waals surface area contributed by atoms with Crippen molar-refractivity contribution >= 4 is 16.8 Å². The molecule has 0 radical (unpaired) electrons. The number of methoxy groups -OCH3 is 1. The summed E-state index contributed by atoms with van der Waals surface area (Å²) in [6.45, 7) is 0.408. The van der Waals surface area contributed by atoms with Gasteiger partial charge in [0.15, 0.2) is 17.4 Å². The molecule has 1 aromatic heterocycles. The number of likely N-dealkylation sites (tertiary alicyclic amines) is 1. The second-order valence-corrected chi connectivity index (χ2v) is 7.09. The van der Waals surface area contributed by atoms with E-state index in [0.717, 1.165) is 7.11 Å². The van der Waals surface area contributed by atoms with Gasteiger partial charge in [0.1, 0.15) is 0 Å². The molecule has 1 aliphatic rings. The molecule has 0 aliphatic carbocycles. The van der Waals surface area contributed by atoms with E-state index in [-0.39, 0.29) is 18.1 Å². The van der Waals surface area contributed by atoms with Gasteiger partial charge in [-0.25, -0.2) is 13.8 Å². The number of benzene rings is 2. The first-order chi connectivity index (χ1) is 14.4. The van der Waals surface area contributed by atoms with Gasteiger partial charge < -0.3 is 9.64 Å². The standard InChI is InChI=1S/C21H18F3N3O3/c1-30-19-17(23)14(9-15(22)18(19)24)20(28)26-8-4-5-12(10-26)27-11-25-16-7-3-2-6-13(16)21(27)29/h2-3,6-7,9,11-12H,4-5,8,10H2,1H3. The molecular formula is C21H18F3N3O3. The van der Waals surface area contributed by atoms with Crippen molar-refractivity contribution in [2.75, 3.05) is 20.2 Å². The maximum Gasteiger partial charge on any atom is 0.261 e. The van der Waals surface area contributed by atoms with Gasteiger partial charge in [0, 0.05) is 13.1 Å². The minimum absolute atomic E-state index is 0.111. The van der Waals surface area contributed by atoms with Gasteiger partial charge in [0.25, 0.3) is 11.5 Å². The molecular weight excluding hydrogens is 399 g/mol. The van der Waals surface area contributed by atoms with Gasteiger partial charge >= 0.3 is 0 Å². The molecule has 3 aromatic rings. The summed E-state index contributed by atoms with van der Waals surface area (Å²) in [5.41, 5.74) is -0.283. The number of amides is 1. The molecule has 1 saturated heterocycles. The van der Waals surface area contributed by atoms with Gasteiger partial charge in [-0.15, -0.1) is 0 Å². The summed E-state index contributed by atoms with van der Waals surface area (Å²) in [5.74, 6) is -5.86. The third kappa shape index (κ3) is 3.30. The number of fused-ring (bicyclic) bond motifs is 1. The molecule has 6 nitrogen and oxygen atoms in total. The topological polar surface area (TPSA) is 64.4 Å². The van der Waals surface area contributed by atoms with Crippen LogP contribution in [0.3, 0.4) is 0 Å². The Bertz CT molecular complexity index is 1200.